The lowest BCUT2D eigenvalue weighted by molar-refractivity contribution is -0.156. The molecule has 2 rings (SSSR count). The predicted octanol–water partition coefficient (Wildman–Crippen LogP) is 5.67. The first-order valence-corrected chi connectivity index (χ1v) is 8.25. The fourth-order valence-electron chi connectivity index (χ4n) is 1.65. The maximum Gasteiger partial charge on any atom is 0.587 e. The molecule has 0 aliphatic rings. The van der Waals surface area contributed by atoms with Crippen molar-refractivity contribution in [3.8, 4) is 11.5 Å². The average molecular weight is 440 g/mol. The average Bonchev–Trinajstić information content (AvgIpc) is 2.55. The van der Waals surface area contributed by atoms with Gasteiger partial charge in [-0.25, -0.2) is 30.9 Å². The summed E-state index contributed by atoms with van der Waals surface area (Å²) in [4.78, 5) is 0. The van der Waals surface area contributed by atoms with Gasteiger partial charge < -0.3 is 9.05 Å². The SMILES string of the molecule is O=P(OCC(F)(F)F)(Oc1cc(F)c(F)c(F)c1)Oc1cc(F)c(F)c(F)c1. The quantitative estimate of drug-likeness (QED) is 0.330. The Labute approximate surface area is 150 Å². The molecule has 0 N–H and O–H groups in total. The molecule has 0 heterocycles. The number of phosphoric ester groups is 1. The van der Waals surface area contributed by atoms with Gasteiger partial charge in [0.2, 0.25) is 0 Å². The van der Waals surface area contributed by atoms with Gasteiger partial charge in [-0.1, -0.05) is 0 Å². The number of hydrogen-bond acceptors (Lipinski definition) is 4. The van der Waals surface area contributed by atoms with E-state index in [9.17, 15) is 44.1 Å². The molecular formula is C14H6F9O4P. The zero-order chi connectivity index (χ0) is 21.3. The Hall–Kier alpha value is -2.40. The van der Waals surface area contributed by atoms with Crippen LogP contribution >= 0.6 is 7.82 Å². The molecule has 0 fully saturated rings. The van der Waals surface area contributed by atoms with Gasteiger partial charge in [0.25, 0.3) is 0 Å². The van der Waals surface area contributed by atoms with E-state index in [0.717, 1.165) is 0 Å². The summed E-state index contributed by atoms with van der Waals surface area (Å²) in [5.41, 5.74) is 0. The summed E-state index contributed by atoms with van der Waals surface area (Å²) in [5, 5.41) is 0. The molecule has 0 amide bonds. The highest BCUT2D eigenvalue weighted by Crippen LogP contribution is 2.51. The standard InChI is InChI=1S/C14H6F9O4P/c15-8-1-6(2-9(16)12(8)19)26-28(24,25-5-14(21,22)23)27-7-3-10(17)13(20)11(18)4-7/h1-4H,5H2. The van der Waals surface area contributed by atoms with E-state index >= 15 is 0 Å². The Balaban J connectivity index is 2.38. The number of hydrogen-bond donors (Lipinski definition) is 0. The highest BCUT2D eigenvalue weighted by molar-refractivity contribution is 7.49. The third-order valence-electron chi connectivity index (χ3n) is 2.74. The molecule has 28 heavy (non-hydrogen) atoms. The van der Waals surface area contributed by atoms with Crippen molar-refractivity contribution in [3.05, 3.63) is 59.2 Å². The minimum absolute atomic E-state index is 0.0944. The van der Waals surface area contributed by atoms with Gasteiger partial charge in [0.1, 0.15) is 11.5 Å². The summed E-state index contributed by atoms with van der Waals surface area (Å²) < 4.78 is 141. The van der Waals surface area contributed by atoms with Crippen molar-refractivity contribution in [1.29, 1.82) is 0 Å². The van der Waals surface area contributed by atoms with E-state index in [1.807, 2.05) is 0 Å². The van der Waals surface area contributed by atoms with Crippen LogP contribution in [0.5, 0.6) is 11.5 Å². The molecule has 0 unspecified atom stereocenters. The summed E-state index contributed by atoms with van der Waals surface area (Å²) in [6.07, 6.45) is -5.10. The fraction of sp³-hybridized carbons (Fsp3) is 0.143. The lowest BCUT2D eigenvalue weighted by Crippen LogP contribution is -2.18. The summed E-state index contributed by atoms with van der Waals surface area (Å²) in [7, 11) is -5.50. The van der Waals surface area contributed by atoms with Crippen LogP contribution in [0.15, 0.2) is 24.3 Å². The van der Waals surface area contributed by atoms with Crippen LogP contribution in [0.4, 0.5) is 39.5 Å². The fourth-order valence-corrected chi connectivity index (χ4v) is 2.83. The van der Waals surface area contributed by atoms with Gasteiger partial charge in [-0.15, -0.1) is 0 Å². The van der Waals surface area contributed by atoms with Crippen LogP contribution in [0.2, 0.25) is 0 Å². The molecule has 0 atom stereocenters. The second-order valence-electron chi connectivity index (χ2n) is 4.92. The first-order valence-electron chi connectivity index (χ1n) is 6.79. The van der Waals surface area contributed by atoms with Gasteiger partial charge >= 0.3 is 14.0 Å². The maximum absolute atomic E-state index is 13.2. The van der Waals surface area contributed by atoms with Crippen LogP contribution in [0.3, 0.4) is 0 Å². The summed E-state index contributed by atoms with van der Waals surface area (Å²) in [5.74, 6) is -13.7. The summed E-state index contributed by atoms with van der Waals surface area (Å²) in [6, 6.07) is 0.378. The molecular weight excluding hydrogens is 434 g/mol. The van der Waals surface area contributed by atoms with E-state index in [-0.39, 0.29) is 24.3 Å². The zero-order valence-corrected chi connectivity index (χ0v) is 13.9. The molecule has 154 valence electrons. The second-order valence-corrected chi connectivity index (χ2v) is 6.44. The van der Waals surface area contributed by atoms with Gasteiger partial charge in [0, 0.05) is 24.3 Å². The normalized spacial score (nSPS) is 12.2. The molecule has 4 nitrogen and oxygen atoms in total. The van der Waals surface area contributed by atoms with Crippen LogP contribution in [-0.2, 0) is 9.09 Å². The molecule has 0 saturated carbocycles. The lowest BCUT2D eigenvalue weighted by Gasteiger charge is -2.20. The predicted molar refractivity (Wildman–Crippen MR) is 73.5 cm³/mol. The first-order chi connectivity index (χ1) is 12.8. The molecule has 0 radical (unpaired) electrons. The van der Waals surface area contributed by atoms with Crippen molar-refractivity contribution in [2.75, 3.05) is 6.61 Å². The smallest absolute Gasteiger partial charge is 0.395 e. The number of alkyl halides is 3. The topological polar surface area (TPSA) is 44.8 Å². The van der Waals surface area contributed by atoms with Crippen molar-refractivity contribution in [3.63, 3.8) is 0 Å². The summed E-state index contributed by atoms with van der Waals surface area (Å²) in [6.45, 7) is -2.28. The van der Waals surface area contributed by atoms with Crippen molar-refractivity contribution >= 4 is 7.82 Å². The van der Waals surface area contributed by atoms with Gasteiger partial charge in [-0.3, -0.25) is 4.52 Å². The number of phosphoric acid groups is 1. The van der Waals surface area contributed by atoms with E-state index in [0.29, 0.717) is 0 Å². The van der Waals surface area contributed by atoms with E-state index in [1.54, 1.807) is 0 Å². The van der Waals surface area contributed by atoms with Crippen LogP contribution in [0.25, 0.3) is 0 Å². The van der Waals surface area contributed by atoms with Crippen molar-refractivity contribution in [2.45, 2.75) is 6.18 Å². The number of rotatable bonds is 6. The molecule has 2 aromatic carbocycles. The molecule has 0 spiro atoms. The van der Waals surface area contributed by atoms with E-state index < -0.39 is 67.0 Å². The molecule has 0 aromatic heterocycles. The summed E-state index contributed by atoms with van der Waals surface area (Å²) >= 11 is 0. The van der Waals surface area contributed by atoms with E-state index in [1.165, 1.54) is 0 Å². The first kappa shape index (κ1) is 21.9. The van der Waals surface area contributed by atoms with Crippen molar-refractivity contribution in [1.82, 2.24) is 0 Å². The Morgan fingerprint density at radius 3 is 1.32 bits per heavy atom. The largest absolute Gasteiger partial charge is 0.587 e. The molecule has 2 aromatic rings. The van der Waals surface area contributed by atoms with Crippen LogP contribution in [-0.4, -0.2) is 12.8 Å². The number of halogens is 9. The minimum Gasteiger partial charge on any atom is -0.395 e. The van der Waals surface area contributed by atoms with Crippen molar-refractivity contribution in [2.24, 2.45) is 0 Å². The lowest BCUT2D eigenvalue weighted by atomic mass is 10.3. The van der Waals surface area contributed by atoms with Crippen LogP contribution < -0.4 is 9.05 Å². The minimum atomic E-state index is -5.50. The Bertz CT molecular complexity index is 822. The van der Waals surface area contributed by atoms with Crippen molar-refractivity contribution < 1.29 is 57.7 Å². The molecule has 0 aliphatic heterocycles. The second kappa shape index (κ2) is 7.92. The van der Waals surface area contributed by atoms with Crippen LogP contribution in [0.1, 0.15) is 0 Å². The van der Waals surface area contributed by atoms with Gasteiger partial charge in [0.15, 0.2) is 41.5 Å². The number of benzene rings is 2. The van der Waals surface area contributed by atoms with E-state index in [2.05, 4.69) is 13.6 Å². The van der Waals surface area contributed by atoms with Gasteiger partial charge in [-0.2, -0.15) is 13.2 Å². The van der Waals surface area contributed by atoms with Gasteiger partial charge in [-0.05, 0) is 0 Å². The Kier molecular flexibility index (Phi) is 6.19. The zero-order valence-electron chi connectivity index (χ0n) is 13.0. The third-order valence-corrected chi connectivity index (χ3v) is 4.05. The molecule has 0 saturated heterocycles. The highest BCUT2D eigenvalue weighted by atomic mass is 31.2. The third kappa shape index (κ3) is 5.55. The monoisotopic (exact) mass is 440 g/mol. The highest BCUT2D eigenvalue weighted by Gasteiger charge is 2.39. The Morgan fingerprint density at radius 1 is 0.714 bits per heavy atom. The molecule has 0 bridgehead atoms. The van der Waals surface area contributed by atoms with E-state index in [4.69, 9.17) is 0 Å². The van der Waals surface area contributed by atoms with Crippen LogP contribution in [0, 0.1) is 34.9 Å². The molecule has 0 aliphatic carbocycles. The van der Waals surface area contributed by atoms with Gasteiger partial charge in [0.05, 0.1) is 0 Å². The molecule has 14 heteroatoms. The maximum atomic E-state index is 13.2. The Morgan fingerprint density at radius 2 is 1.04 bits per heavy atom.